The molecule has 1 aromatic carbocycles. The van der Waals surface area contributed by atoms with E-state index >= 15 is 0 Å². The molecule has 33 heavy (non-hydrogen) atoms. The highest BCUT2D eigenvalue weighted by Gasteiger charge is 2.19. The van der Waals surface area contributed by atoms with Gasteiger partial charge in [0.05, 0.1) is 12.2 Å². The minimum Gasteiger partial charge on any atom is -0.290 e. The molecule has 0 bridgehead atoms. The predicted molar refractivity (Wildman–Crippen MR) is 129 cm³/mol. The number of halogens is 1. The second-order valence-electron chi connectivity index (χ2n) is 8.57. The maximum absolute atomic E-state index is 13.2. The number of imidazole rings is 1. The quantitative estimate of drug-likeness (QED) is 0.390. The lowest BCUT2D eigenvalue weighted by molar-refractivity contribution is 0.504. The van der Waals surface area contributed by atoms with Crippen molar-refractivity contribution in [3.8, 4) is 22.5 Å². The standard InChI is InChI=1S/C24H28ClN7O/c1-4-5-6-21-22(25)32(14-16(2)3)24(33)31(21)15-17-7-9-18(10-8-17)19-11-12-26-13-20(19)23-27-29-30-28-23/h7-13,16H,4-6,14-15H2,1-3H3,(H,27,28,29,30). The van der Waals surface area contributed by atoms with E-state index in [4.69, 9.17) is 11.6 Å². The van der Waals surface area contributed by atoms with Crippen molar-refractivity contribution in [2.75, 3.05) is 0 Å². The van der Waals surface area contributed by atoms with Crippen LogP contribution >= 0.6 is 11.6 Å². The third-order valence-electron chi connectivity index (χ3n) is 5.59. The number of hydrogen-bond acceptors (Lipinski definition) is 5. The molecule has 0 atom stereocenters. The zero-order valence-electron chi connectivity index (χ0n) is 19.1. The largest absolute Gasteiger partial charge is 0.329 e. The summed E-state index contributed by atoms with van der Waals surface area (Å²) in [6, 6.07) is 10.1. The molecular formula is C24H28ClN7O. The van der Waals surface area contributed by atoms with Gasteiger partial charge >= 0.3 is 5.69 Å². The molecule has 3 heterocycles. The number of benzene rings is 1. The highest BCUT2D eigenvalue weighted by molar-refractivity contribution is 6.30. The van der Waals surface area contributed by atoms with Crippen LogP contribution in [0.15, 0.2) is 47.5 Å². The van der Waals surface area contributed by atoms with Crippen LogP contribution in [0.25, 0.3) is 22.5 Å². The number of H-pyrrole nitrogens is 1. The minimum absolute atomic E-state index is 0.0441. The van der Waals surface area contributed by atoms with Crippen molar-refractivity contribution >= 4 is 11.6 Å². The molecule has 0 aliphatic rings. The highest BCUT2D eigenvalue weighted by Crippen LogP contribution is 2.29. The number of nitrogens with zero attached hydrogens (tertiary/aromatic N) is 6. The van der Waals surface area contributed by atoms with Crippen molar-refractivity contribution in [2.24, 2.45) is 5.92 Å². The summed E-state index contributed by atoms with van der Waals surface area (Å²) in [7, 11) is 0. The first-order valence-corrected chi connectivity index (χ1v) is 11.6. The van der Waals surface area contributed by atoms with E-state index in [9.17, 15) is 4.79 Å². The van der Waals surface area contributed by atoms with Gasteiger partial charge in [-0.3, -0.25) is 14.1 Å². The van der Waals surface area contributed by atoms with E-state index in [1.54, 1.807) is 17.0 Å². The van der Waals surface area contributed by atoms with E-state index in [1.807, 2.05) is 34.9 Å². The van der Waals surface area contributed by atoms with Gasteiger partial charge in [-0.25, -0.2) is 4.79 Å². The Morgan fingerprint density at radius 2 is 1.88 bits per heavy atom. The first-order valence-electron chi connectivity index (χ1n) is 11.2. The molecule has 0 saturated carbocycles. The van der Waals surface area contributed by atoms with Crippen LogP contribution in [0.2, 0.25) is 5.15 Å². The van der Waals surface area contributed by atoms with Crippen molar-refractivity contribution < 1.29 is 0 Å². The predicted octanol–water partition coefficient (Wildman–Crippen LogP) is 4.59. The van der Waals surface area contributed by atoms with Crippen LogP contribution in [-0.2, 0) is 19.5 Å². The molecule has 8 nitrogen and oxygen atoms in total. The topological polar surface area (TPSA) is 94.3 Å². The number of pyridine rings is 1. The number of hydrogen-bond donors (Lipinski definition) is 1. The number of nitrogens with one attached hydrogen (secondary N) is 1. The monoisotopic (exact) mass is 465 g/mol. The van der Waals surface area contributed by atoms with Crippen molar-refractivity contribution in [1.82, 2.24) is 34.7 Å². The first kappa shape index (κ1) is 22.9. The molecule has 1 N–H and O–H groups in total. The molecule has 0 aliphatic heterocycles. The number of rotatable bonds is 9. The van der Waals surface area contributed by atoms with E-state index in [-0.39, 0.29) is 5.69 Å². The fraction of sp³-hybridized carbons (Fsp3) is 0.375. The SMILES string of the molecule is CCCCc1c(Cl)n(CC(C)C)c(=O)n1Cc1ccc(-c2ccncc2-c2nn[nH]n2)cc1. The Morgan fingerprint density at radius 1 is 1.09 bits per heavy atom. The second kappa shape index (κ2) is 10.1. The van der Waals surface area contributed by atoms with Gasteiger partial charge in [-0.15, -0.1) is 10.2 Å². The lowest BCUT2D eigenvalue weighted by Gasteiger charge is -2.10. The zero-order chi connectivity index (χ0) is 23.4. The Bertz CT molecular complexity index is 1260. The van der Waals surface area contributed by atoms with Crippen LogP contribution in [0.5, 0.6) is 0 Å². The fourth-order valence-corrected chi connectivity index (χ4v) is 4.29. The Kier molecular flexibility index (Phi) is 7.03. The van der Waals surface area contributed by atoms with Crippen molar-refractivity contribution in [3.05, 3.63) is 69.6 Å². The van der Waals surface area contributed by atoms with Crippen LogP contribution in [0, 0.1) is 5.92 Å². The molecule has 3 aromatic heterocycles. The summed E-state index contributed by atoms with van der Waals surface area (Å²) in [4.78, 5) is 17.4. The fourth-order valence-electron chi connectivity index (χ4n) is 3.95. The van der Waals surface area contributed by atoms with Gasteiger partial charge in [0.25, 0.3) is 0 Å². The first-order chi connectivity index (χ1) is 16.0. The van der Waals surface area contributed by atoms with Crippen molar-refractivity contribution in [2.45, 2.75) is 53.1 Å². The highest BCUT2D eigenvalue weighted by atomic mass is 35.5. The molecule has 0 fully saturated rings. The summed E-state index contributed by atoms with van der Waals surface area (Å²) in [5.41, 5.74) is 4.68. The van der Waals surface area contributed by atoms with Gasteiger partial charge < -0.3 is 0 Å². The lowest BCUT2D eigenvalue weighted by atomic mass is 10.00. The van der Waals surface area contributed by atoms with Gasteiger partial charge in [-0.1, -0.05) is 63.1 Å². The molecular weight excluding hydrogens is 438 g/mol. The van der Waals surface area contributed by atoms with Gasteiger partial charge in [0.2, 0.25) is 5.82 Å². The third-order valence-corrected chi connectivity index (χ3v) is 6.01. The average Bonchev–Trinajstić information content (AvgIpc) is 3.42. The molecule has 0 saturated heterocycles. The van der Waals surface area contributed by atoms with E-state index in [1.165, 1.54) is 0 Å². The van der Waals surface area contributed by atoms with Crippen LogP contribution in [0.4, 0.5) is 0 Å². The van der Waals surface area contributed by atoms with E-state index in [2.05, 4.69) is 46.4 Å². The lowest BCUT2D eigenvalue weighted by Crippen LogP contribution is -2.27. The number of unbranched alkanes of at least 4 members (excludes halogenated alkanes) is 1. The van der Waals surface area contributed by atoms with Gasteiger partial charge in [0.15, 0.2) is 0 Å². The Labute approximate surface area is 197 Å². The van der Waals surface area contributed by atoms with Gasteiger partial charge in [0, 0.05) is 24.5 Å². The Hall–Kier alpha value is -3.26. The van der Waals surface area contributed by atoms with Crippen LogP contribution < -0.4 is 5.69 Å². The number of aromatic amines is 1. The summed E-state index contributed by atoms with van der Waals surface area (Å²) in [5, 5.41) is 14.9. The Morgan fingerprint density at radius 3 is 2.55 bits per heavy atom. The third kappa shape index (κ3) is 4.90. The molecule has 4 rings (SSSR count). The summed E-state index contributed by atoms with van der Waals surface area (Å²) < 4.78 is 3.53. The minimum atomic E-state index is -0.0441. The number of aromatic nitrogens is 7. The zero-order valence-corrected chi connectivity index (χ0v) is 19.9. The second-order valence-corrected chi connectivity index (χ2v) is 8.93. The normalized spacial score (nSPS) is 11.4. The molecule has 0 unspecified atom stereocenters. The smallest absolute Gasteiger partial charge is 0.290 e. The van der Waals surface area contributed by atoms with Crippen molar-refractivity contribution in [3.63, 3.8) is 0 Å². The number of tetrazole rings is 1. The van der Waals surface area contributed by atoms with Crippen molar-refractivity contribution in [1.29, 1.82) is 0 Å². The van der Waals surface area contributed by atoms with Crippen LogP contribution in [0.1, 0.15) is 44.9 Å². The molecule has 9 heteroatoms. The summed E-state index contributed by atoms with van der Waals surface area (Å²) in [5.74, 6) is 0.832. The average molecular weight is 466 g/mol. The Balaban J connectivity index is 1.65. The maximum Gasteiger partial charge on any atom is 0.329 e. The maximum atomic E-state index is 13.2. The summed E-state index contributed by atoms with van der Waals surface area (Å²) in [6.07, 6.45) is 6.30. The summed E-state index contributed by atoms with van der Waals surface area (Å²) >= 11 is 6.67. The molecule has 0 aliphatic carbocycles. The molecule has 4 aromatic rings. The van der Waals surface area contributed by atoms with Gasteiger partial charge in [-0.05, 0) is 46.7 Å². The van der Waals surface area contributed by atoms with Crippen LogP contribution in [0.3, 0.4) is 0 Å². The molecule has 0 spiro atoms. The van der Waals surface area contributed by atoms with Crippen LogP contribution in [-0.4, -0.2) is 34.7 Å². The van der Waals surface area contributed by atoms with Gasteiger partial charge in [-0.2, -0.15) is 5.21 Å². The van der Waals surface area contributed by atoms with E-state index in [0.717, 1.165) is 47.2 Å². The molecule has 0 radical (unpaired) electrons. The van der Waals surface area contributed by atoms with E-state index < -0.39 is 0 Å². The van der Waals surface area contributed by atoms with Gasteiger partial charge in [0.1, 0.15) is 5.15 Å². The van der Waals surface area contributed by atoms with E-state index in [0.29, 0.717) is 30.0 Å². The molecule has 172 valence electrons. The summed E-state index contributed by atoms with van der Waals surface area (Å²) in [6.45, 7) is 7.42. The molecule has 0 amide bonds.